The molecule has 4 aromatic rings. The van der Waals surface area contributed by atoms with E-state index in [4.69, 9.17) is 33.2 Å². The summed E-state index contributed by atoms with van der Waals surface area (Å²) in [5, 5.41) is 37.6. The van der Waals surface area contributed by atoms with Gasteiger partial charge in [-0.05, 0) is 61.0 Å². The summed E-state index contributed by atoms with van der Waals surface area (Å²) in [4.78, 5) is 8.72. The molecule has 0 saturated carbocycles. The monoisotopic (exact) mass is 538 g/mol. The Morgan fingerprint density at radius 2 is 1.84 bits per heavy atom. The number of ether oxygens (including phenoxy) is 1. The smallest absolute Gasteiger partial charge is 0.206 e. The Kier molecular flexibility index (Phi) is 6.64. The number of hydrazone groups is 1. The van der Waals surface area contributed by atoms with E-state index in [9.17, 15) is 14.6 Å². The van der Waals surface area contributed by atoms with Gasteiger partial charge in [-0.1, -0.05) is 23.2 Å². The van der Waals surface area contributed by atoms with Crippen LogP contribution in [0.1, 0.15) is 5.56 Å². The molecule has 0 saturated heterocycles. The van der Waals surface area contributed by atoms with Crippen LogP contribution in [0.3, 0.4) is 0 Å². The zero-order valence-electron chi connectivity index (χ0n) is 19.0. The van der Waals surface area contributed by atoms with E-state index in [1.54, 1.807) is 30.3 Å². The van der Waals surface area contributed by atoms with E-state index < -0.39 is 18.4 Å². The van der Waals surface area contributed by atoms with Crippen LogP contribution < -0.4 is 15.1 Å². The molecule has 9 nitrogen and oxygen atoms in total. The highest BCUT2D eigenvalue weighted by Crippen LogP contribution is 2.41. The summed E-state index contributed by atoms with van der Waals surface area (Å²) in [6.45, 7) is 1.92. The van der Waals surface area contributed by atoms with Crippen molar-refractivity contribution in [2.45, 2.75) is 19.5 Å². The number of aromatic nitrogens is 2. The van der Waals surface area contributed by atoms with Gasteiger partial charge < -0.3 is 14.9 Å². The van der Waals surface area contributed by atoms with E-state index in [1.807, 2.05) is 13.0 Å². The first kappa shape index (κ1) is 24.8. The number of hydrogen-bond donors (Lipinski definition) is 3. The second-order valence-corrected chi connectivity index (χ2v) is 8.90. The van der Waals surface area contributed by atoms with Gasteiger partial charge in [-0.25, -0.2) is 19.7 Å². The molecule has 12 heteroatoms. The van der Waals surface area contributed by atoms with E-state index in [0.717, 1.165) is 22.2 Å². The predicted molar refractivity (Wildman–Crippen MR) is 137 cm³/mol. The first-order valence-electron chi connectivity index (χ1n) is 10.8. The van der Waals surface area contributed by atoms with Gasteiger partial charge in [-0.15, -0.1) is 0 Å². The van der Waals surface area contributed by atoms with Gasteiger partial charge in [0.1, 0.15) is 17.6 Å². The van der Waals surface area contributed by atoms with Crippen molar-refractivity contribution in [2.75, 3.05) is 5.01 Å². The van der Waals surface area contributed by atoms with E-state index in [1.165, 1.54) is 18.2 Å². The maximum Gasteiger partial charge on any atom is 0.206 e. The fourth-order valence-corrected chi connectivity index (χ4v) is 4.34. The molecule has 2 unspecified atom stereocenters. The molecule has 0 bridgehead atoms. The Morgan fingerprint density at radius 3 is 2.51 bits per heavy atom. The largest absolute Gasteiger partial charge is 0.454 e. The molecule has 0 radical (unpaired) electrons. The number of pyridine rings is 2. The van der Waals surface area contributed by atoms with Crippen molar-refractivity contribution in [2.24, 2.45) is 5.10 Å². The Labute approximate surface area is 220 Å². The number of nitriles is 1. The minimum absolute atomic E-state index is 0.127. The molecule has 37 heavy (non-hydrogen) atoms. The highest BCUT2D eigenvalue weighted by molar-refractivity contribution is 6.37. The van der Waals surface area contributed by atoms with Crippen LogP contribution >= 0.6 is 23.2 Å². The van der Waals surface area contributed by atoms with Crippen molar-refractivity contribution in [3.63, 3.8) is 0 Å². The minimum atomic E-state index is -1.42. The molecule has 2 aromatic carbocycles. The maximum atomic E-state index is 13.2. The third-order valence-electron chi connectivity index (χ3n) is 5.57. The summed E-state index contributed by atoms with van der Waals surface area (Å²) in [5.74, 6) is 0.206. The van der Waals surface area contributed by atoms with Gasteiger partial charge in [-0.3, -0.25) is 4.98 Å². The fourth-order valence-electron chi connectivity index (χ4n) is 3.79. The molecule has 186 valence electrons. The Hall–Kier alpha value is -3.85. The molecule has 0 spiro atoms. The number of nitrogens with one attached hydrogen (secondary N) is 1. The second kappa shape index (κ2) is 9.89. The molecule has 2 atom stereocenters. The third-order valence-corrected chi connectivity index (χ3v) is 6.13. The first-order valence-corrected chi connectivity index (χ1v) is 11.6. The number of rotatable bonds is 4. The Balaban J connectivity index is 1.45. The SMILES string of the molecule is Cc1cc(-c2ccc(F)cn2)nc2ccc(Oc3c(Cl)cc(N4N=C(C#N)C(O)NC4O)cc3Cl)cc12. The molecule has 0 fully saturated rings. The summed E-state index contributed by atoms with van der Waals surface area (Å²) < 4.78 is 19.2. The van der Waals surface area contributed by atoms with Crippen LogP contribution in [0.25, 0.3) is 22.3 Å². The lowest BCUT2D eigenvalue weighted by atomic mass is 10.1. The number of benzene rings is 2. The van der Waals surface area contributed by atoms with Crippen LogP contribution in [0.4, 0.5) is 10.1 Å². The number of aryl methyl sites for hydroxylation is 1. The van der Waals surface area contributed by atoms with Gasteiger partial charge in [0.05, 0.1) is 38.8 Å². The van der Waals surface area contributed by atoms with E-state index in [0.29, 0.717) is 22.7 Å². The molecule has 0 amide bonds. The lowest BCUT2D eigenvalue weighted by molar-refractivity contribution is 0.0631. The number of anilines is 1. The zero-order valence-corrected chi connectivity index (χ0v) is 20.5. The van der Waals surface area contributed by atoms with Crippen LogP contribution in [0.2, 0.25) is 10.0 Å². The molecule has 0 aliphatic carbocycles. The topological polar surface area (TPSA) is 127 Å². The second-order valence-electron chi connectivity index (χ2n) is 8.09. The van der Waals surface area contributed by atoms with Crippen molar-refractivity contribution >= 4 is 45.5 Å². The van der Waals surface area contributed by atoms with Crippen molar-refractivity contribution in [1.82, 2.24) is 15.3 Å². The number of nitrogens with zero attached hydrogens (tertiary/aromatic N) is 5. The quantitative estimate of drug-likeness (QED) is 0.340. The predicted octanol–water partition coefficient (Wildman–Crippen LogP) is 4.73. The van der Waals surface area contributed by atoms with Gasteiger partial charge in [0.2, 0.25) is 6.35 Å². The lowest BCUT2D eigenvalue weighted by Crippen LogP contribution is -2.55. The number of halogens is 3. The van der Waals surface area contributed by atoms with Crippen LogP contribution in [-0.2, 0) is 0 Å². The molecule has 5 rings (SSSR count). The Bertz CT molecular complexity index is 1570. The summed E-state index contributed by atoms with van der Waals surface area (Å²) in [7, 11) is 0. The molecule has 3 N–H and O–H groups in total. The zero-order chi connectivity index (χ0) is 26.3. The lowest BCUT2D eigenvalue weighted by Gasteiger charge is -2.32. The van der Waals surface area contributed by atoms with Crippen molar-refractivity contribution in [3.05, 3.63) is 76.2 Å². The minimum Gasteiger partial charge on any atom is -0.454 e. The summed E-state index contributed by atoms with van der Waals surface area (Å²) >= 11 is 12.9. The summed E-state index contributed by atoms with van der Waals surface area (Å²) in [6, 6.07) is 14.7. The standard InChI is InChI=1S/C25H17Cl2FN6O3/c1-12-6-21(20-4-2-13(28)11-30-20)31-19-5-3-15(9-16(12)19)37-23-17(26)7-14(8-18(23)27)34-25(36)32-24(35)22(10-29)33-34/h2-9,11,24-25,32,35-36H,1H3. The van der Waals surface area contributed by atoms with E-state index in [2.05, 4.69) is 20.4 Å². The average Bonchev–Trinajstić information content (AvgIpc) is 2.87. The number of aliphatic hydroxyl groups is 2. The molecule has 1 aliphatic rings. The molecular weight excluding hydrogens is 522 g/mol. The van der Waals surface area contributed by atoms with E-state index in [-0.39, 0.29) is 27.2 Å². The fraction of sp³-hybridized carbons (Fsp3) is 0.120. The van der Waals surface area contributed by atoms with Gasteiger partial charge >= 0.3 is 0 Å². The van der Waals surface area contributed by atoms with Crippen LogP contribution in [-0.4, -0.2) is 38.5 Å². The molecule has 1 aliphatic heterocycles. The number of fused-ring (bicyclic) bond motifs is 1. The maximum absolute atomic E-state index is 13.2. The van der Waals surface area contributed by atoms with Crippen molar-refractivity contribution in [1.29, 1.82) is 5.26 Å². The average molecular weight is 539 g/mol. The van der Waals surface area contributed by atoms with Gasteiger partial charge in [0, 0.05) is 5.39 Å². The highest BCUT2D eigenvalue weighted by atomic mass is 35.5. The molecular formula is C25H17Cl2FN6O3. The van der Waals surface area contributed by atoms with Crippen LogP contribution in [0.15, 0.2) is 59.8 Å². The first-order chi connectivity index (χ1) is 17.7. The van der Waals surface area contributed by atoms with Crippen LogP contribution in [0, 0.1) is 24.1 Å². The van der Waals surface area contributed by atoms with Crippen LogP contribution in [0.5, 0.6) is 11.5 Å². The number of hydrogen-bond acceptors (Lipinski definition) is 9. The van der Waals surface area contributed by atoms with Gasteiger partial charge in [0.25, 0.3) is 0 Å². The summed E-state index contributed by atoms with van der Waals surface area (Å²) in [6.07, 6.45) is -1.68. The van der Waals surface area contributed by atoms with Crippen molar-refractivity contribution in [3.8, 4) is 29.0 Å². The van der Waals surface area contributed by atoms with Gasteiger partial charge in [-0.2, -0.15) is 10.4 Å². The summed E-state index contributed by atoms with van der Waals surface area (Å²) in [5.41, 5.74) is 2.80. The normalized spacial score (nSPS) is 17.4. The van der Waals surface area contributed by atoms with Gasteiger partial charge in [0.15, 0.2) is 17.7 Å². The molecule has 2 aromatic heterocycles. The third kappa shape index (κ3) is 4.91. The molecule has 3 heterocycles. The number of aliphatic hydroxyl groups excluding tert-OH is 2. The highest BCUT2D eigenvalue weighted by Gasteiger charge is 2.29. The van der Waals surface area contributed by atoms with E-state index >= 15 is 0 Å². The Morgan fingerprint density at radius 1 is 1.08 bits per heavy atom. The van der Waals surface area contributed by atoms with Crippen molar-refractivity contribution < 1.29 is 19.3 Å².